The molecular formula is C12H9O5-. The zero-order valence-corrected chi connectivity index (χ0v) is 9.06. The zero-order valence-electron chi connectivity index (χ0n) is 9.06. The number of fused-ring (bicyclic) bond motifs is 1. The molecule has 0 aliphatic heterocycles. The Bertz CT molecular complexity index is 626. The fraction of sp³-hybridized carbons (Fsp3) is 0.167. The minimum absolute atomic E-state index is 0.240. The summed E-state index contributed by atoms with van der Waals surface area (Å²) in [7, 11) is 0. The van der Waals surface area contributed by atoms with E-state index in [1.165, 1.54) is 6.07 Å². The van der Waals surface area contributed by atoms with Gasteiger partial charge >= 0.3 is 5.63 Å². The summed E-state index contributed by atoms with van der Waals surface area (Å²) < 4.78 is 10.2. The first-order valence-electron chi connectivity index (χ1n) is 5.04. The van der Waals surface area contributed by atoms with E-state index in [2.05, 4.69) is 0 Å². The lowest BCUT2D eigenvalue weighted by molar-refractivity contribution is -0.255. The second kappa shape index (κ2) is 4.29. The van der Waals surface area contributed by atoms with Crippen molar-refractivity contribution in [1.29, 1.82) is 0 Å². The number of rotatable bonds is 3. The van der Waals surface area contributed by atoms with E-state index >= 15 is 0 Å². The average Bonchev–Trinajstić information content (AvgIpc) is 2.29. The Morgan fingerprint density at radius 3 is 2.88 bits per heavy atom. The zero-order chi connectivity index (χ0) is 12.4. The Hall–Kier alpha value is -2.30. The van der Waals surface area contributed by atoms with E-state index in [4.69, 9.17) is 9.15 Å². The number of hydrogen-bond donors (Lipinski definition) is 0. The van der Waals surface area contributed by atoms with Gasteiger partial charge in [0, 0.05) is 5.39 Å². The molecule has 17 heavy (non-hydrogen) atoms. The maximum absolute atomic E-state index is 11.4. The summed E-state index contributed by atoms with van der Waals surface area (Å²) in [5, 5.41) is 11.2. The molecule has 0 spiro atoms. The predicted molar refractivity (Wildman–Crippen MR) is 58.0 cm³/mol. The van der Waals surface area contributed by atoms with E-state index in [1.807, 2.05) is 0 Å². The highest BCUT2D eigenvalue weighted by Gasteiger charge is 2.09. The van der Waals surface area contributed by atoms with Crippen LogP contribution < -0.4 is 15.5 Å². The topological polar surface area (TPSA) is 79.6 Å². The summed E-state index contributed by atoms with van der Waals surface area (Å²) >= 11 is 0. The Kier molecular flexibility index (Phi) is 2.82. The van der Waals surface area contributed by atoms with Crippen molar-refractivity contribution in [2.24, 2.45) is 0 Å². The molecule has 0 aliphatic carbocycles. The van der Waals surface area contributed by atoms with E-state index in [-0.39, 0.29) is 5.58 Å². The van der Waals surface area contributed by atoms with Gasteiger partial charge < -0.3 is 19.1 Å². The normalized spacial score (nSPS) is 10.4. The highest BCUT2D eigenvalue weighted by Crippen LogP contribution is 2.24. The quantitative estimate of drug-likeness (QED) is 0.723. The lowest BCUT2D eigenvalue weighted by Gasteiger charge is -2.07. The van der Waals surface area contributed by atoms with Gasteiger partial charge in [0.15, 0.2) is 11.3 Å². The van der Waals surface area contributed by atoms with Gasteiger partial charge in [-0.15, -0.1) is 0 Å². The monoisotopic (exact) mass is 233 g/mol. The standard InChI is InChI=1S/C12H10O5/c1-2-16-9-5-3-4-7-6-8(11(13)14)12(15)17-10(7)9/h3-6H,2H2,1H3,(H,13,14)/p-1. The van der Waals surface area contributed by atoms with Gasteiger partial charge in [-0.25, -0.2) is 4.79 Å². The molecule has 0 N–H and O–H groups in total. The minimum atomic E-state index is -1.55. The van der Waals surface area contributed by atoms with Crippen LogP contribution in [0.15, 0.2) is 33.5 Å². The van der Waals surface area contributed by atoms with Crippen LogP contribution in [0.3, 0.4) is 0 Å². The smallest absolute Gasteiger partial charge is 0.345 e. The van der Waals surface area contributed by atoms with Crippen molar-refractivity contribution in [2.45, 2.75) is 6.92 Å². The minimum Gasteiger partial charge on any atom is -0.545 e. The molecule has 2 rings (SSSR count). The molecule has 0 aliphatic rings. The number of ether oxygens (including phenoxy) is 1. The SMILES string of the molecule is CCOc1cccc2cc(C(=O)[O-])c(=O)oc12. The fourth-order valence-corrected chi connectivity index (χ4v) is 1.53. The van der Waals surface area contributed by atoms with Crippen LogP contribution >= 0.6 is 0 Å². The van der Waals surface area contributed by atoms with Gasteiger partial charge in [-0.3, -0.25) is 0 Å². The van der Waals surface area contributed by atoms with E-state index < -0.39 is 17.2 Å². The number of carboxylic acids is 1. The molecule has 0 saturated heterocycles. The number of aromatic carboxylic acids is 1. The molecule has 0 saturated carbocycles. The Morgan fingerprint density at radius 2 is 2.24 bits per heavy atom. The molecule has 88 valence electrons. The van der Waals surface area contributed by atoms with Gasteiger partial charge in [-0.1, -0.05) is 12.1 Å². The van der Waals surface area contributed by atoms with Crippen LogP contribution in [0, 0.1) is 0 Å². The summed E-state index contributed by atoms with van der Waals surface area (Å²) in [6.07, 6.45) is 0. The van der Waals surface area contributed by atoms with Crippen LogP contribution in [0.5, 0.6) is 5.75 Å². The van der Waals surface area contributed by atoms with Crippen molar-refractivity contribution in [2.75, 3.05) is 6.61 Å². The molecule has 5 nitrogen and oxygen atoms in total. The number of carbonyl (C=O) groups excluding carboxylic acids is 1. The Labute approximate surface area is 96.2 Å². The second-order valence-electron chi connectivity index (χ2n) is 3.34. The number of hydrogen-bond acceptors (Lipinski definition) is 5. The van der Waals surface area contributed by atoms with Crippen molar-refractivity contribution in [3.8, 4) is 5.75 Å². The third-order valence-electron chi connectivity index (χ3n) is 2.24. The predicted octanol–water partition coefficient (Wildman–Crippen LogP) is 0.555. The molecule has 0 fully saturated rings. The van der Waals surface area contributed by atoms with E-state index in [0.29, 0.717) is 17.7 Å². The summed E-state index contributed by atoms with van der Waals surface area (Å²) in [5.74, 6) is -1.14. The summed E-state index contributed by atoms with van der Waals surface area (Å²) in [5.41, 5.74) is -1.19. The number of carboxylic acid groups (broad SMARTS) is 1. The molecule has 1 aromatic heterocycles. The van der Waals surface area contributed by atoms with Gasteiger partial charge in [-0.05, 0) is 19.1 Å². The molecule has 0 bridgehead atoms. The van der Waals surface area contributed by atoms with Gasteiger partial charge in [0.05, 0.1) is 18.1 Å². The van der Waals surface area contributed by atoms with E-state index in [0.717, 1.165) is 0 Å². The number of para-hydroxylation sites is 1. The van der Waals surface area contributed by atoms with Crippen LogP contribution in [0.2, 0.25) is 0 Å². The lowest BCUT2D eigenvalue weighted by Crippen LogP contribution is -2.28. The Morgan fingerprint density at radius 1 is 1.47 bits per heavy atom. The fourth-order valence-electron chi connectivity index (χ4n) is 1.53. The molecule has 0 radical (unpaired) electrons. The number of benzene rings is 1. The highest BCUT2D eigenvalue weighted by atomic mass is 16.5. The van der Waals surface area contributed by atoms with Crippen LogP contribution in [-0.4, -0.2) is 12.6 Å². The molecular weight excluding hydrogens is 224 g/mol. The average molecular weight is 233 g/mol. The molecule has 0 amide bonds. The van der Waals surface area contributed by atoms with E-state index in [1.54, 1.807) is 25.1 Å². The second-order valence-corrected chi connectivity index (χ2v) is 3.34. The van der Waals surface area contributed by atoms with Crippen molar-refractivity contribution >= 4 is 16.9 Å². The van der Waals surface area contributed by atoms with Crippen molar-refractivity contribution in [3.63, 3.8) is 0 Å². The van der Waals surface area contributed by atoms with Crippen LogP contribution in [-0.2, 0) is 0 Å². The van der Waals surface area contributed by atoms with Gasteiger partial charge in [0.25, 0.3) is 0 Å². The molecule has 0 atom stereocenters. The molecule has 0 unspecified atom stereocenters. The van der Waals surface area contributed by atoms with E-state index in [9.17, 15) is 14.7 Å². The first-order valence-corrected chi connectivity index (χ1v) is 5.04. The molecule has 1 heterocycles. The first-order chi connectivity index (χ1) is 8.13. The van der Waals surface area contributed by atoms with Crippen molar-refractivity contribution in [1.82, 2.24) is 0 Å². The highest BCUT2D eigenvalue weighted by molar-refractivity contribution is 5.91. The van der Waals surface area contributed by atoms with Crippen LogP contribution in [0.4, 0.5) is 0 Å². The third-order valence-corrected chi connectivity index (χ3v) is 2.24. The number of carbonyl (C=O) groups is 1. The molecule has 5 heteroatoms. The van der Waals surface area contributed by atoms with Crippen molar-refractivity contribution < 1.29 is 19.1 Å². The van der Waals surface area contributed by atoms with Crippen LogP contribution in [0.1, 0.15) is 17.3 Å². The molecule has 1 aromatic carbocycles. The maximum Gasteiger partial charge on any atom is 0.345 e. The summed E-state index contributed by atoms with van der Waals surface area (Å²) in [6, 6.07) is 6.19. The summed E-state index contributed by atoms with van der Waals surface area (Å²) in [4.78, 5) is 22.1. The van der Waals surface area contributed by atoms with Gasteiger partial charge in [-0.2, -0.15) is 0 Å². The molecule has 2 aromatic rings. The lowest BCUT2D eigenvalue weighted by atomic mass is 10.2. The first kappa shape index (κ1) is 11.2. The summed E-state index contributed by atoms with van der Waals surface area (Å²) in [6.45, 7) is 2.22. The maximum atomic E-state index is 11.4. The van der Waals surface area contributed by atoms with Crippen LogP contribution in [0.25, 0.3) is 11.0 Å². The van der Waals surface area contributed by atoms with Gasteiger partial charge in [0.1, 0.15) is 0 Å². The Balaban J connectivity index is 2.73. The largest absolute Gasteiger partial charge is 0.545 e. The van der Waals surface area contributed by atoms with Gasteiger partial charge in [0.2, 0.25) is 0 Å². The van der Waals surface area contributed by atoms with Crippen molar-refractivity contribution in [3.05, 3.63) is 40.2 Å². The third kappa shape index (κ3) is 1.99.